The van der Waals surface area contributed by atoms with Gasteiger partial charge in [-0.15, -0.1) is 0 Å². The Morgan fingerprint density at radius 3 is 2.50 bits per heavy atom. The zero-order valence-electron chi connectivity index (χ0n) is 9.62. The van der Waals surface area contributed by atoms with Crippen LogP contribution in [0.2, 0.25) is 0 Å². The Morgan fingerprint density at radius 1 is 1.17 bits per heavy atom. The van der Waals surface area contributed by atoms with Gasteiger partial charge in [-0.25, -0.2) is 14.8 Å². The Balaban J connectivity index is 2.17. The molecule has 2 heterocycles. The second kappa shape index (κ2) is 5.55. The fourth-order valence-corrected chi connectivity index (χ4v) is 1.17. The maximum Gasteiger partial charge on any atom is 0.376 e. The lowest BCUT2D eigenvalue weighted by Gasteiger charge is -1.96. The quantitative estimate of drug-likeness (QED) is 0.550. The van der Waals surface area contributed by atoms with E-state index in [4.69, 9.17) is 0 Å². The number of aromatic nitrogens is 3. The van der Waals surface area contributed by atoms with E-state index in [1.54, 1.807) is 18.5 Å². The molecule has 5 heteroatoms. The third-order valence-electron chi connectivity index (χ3n) is 2.03. The van der Waals surface area contributed by atoms with E-state index >= 15 is 0 Å². The van der Waals surface area contributed by atoms with Crippen molar-refractivity contribution < 1.29 is 9.53 Å². The van der Waals surface area contributed by atoms with Gasteiger partial charge in [0.15, 0.2) is 0 Å². The van der Waals surface area contributed by atoms with Gasteiger partial charge in [0, 0.05) is 30.4 Å². The number of esters is 1. The molecule has 0 saturated carbocycles. The summed E-state index contributed by atoms with van der Waals surface area (Å²) < 4.78 is 4.50. The van der Waals surface area contributed by atoms with Crippen molar-refractivity contribution in [2.24, 2.45) is 0 Å². The van der Waals surface area contributed by atoms with E-state index < -0.39 is 5.97 Å². The van der Waals surface area contributed by atoms with Crippen LogP contribution >= 0.6 is 0 Å². The van der Waals surface area contributed by atoms with Crippen molar-refractivity contribution in [3.05, 3.63) is 53.9 Å². The van der Waals surface area contributed by atoms with Crippen molar-refractivity contribution in [2.45, 2.75) is 0 Å². The average molecular weight is 239 g/mol. The number of methoxy groups -OCH3 is 1. The van der Waals surface area contributed by atoms with Crippen LogP contribution in [0.3, 0.4) is 0 Å². The van der Waals surface area contributed by atoms with Gasteiger partial charge in [-0.05, 0) is 12.1 Å². The van der Waals surface area contributed by atoms with Crippen LogP contribution in [-0.2, 0) is 4.74 Å². The molecule has 0 N–H and O–H groups in total. The molecule has 18 heavy (non-hydrogen) atoms. The minimum absolute atomic E-state index is 0.0180. The fraction of sp³-hybridized carbons (Fsp3) is 0.0769. The molecule has 0 aliphatic rings. The zero-order chi connectivity index (χ0) is 12.8. The Morgan fingerprint density at radius 2 is 1.89 bits per heavy atom. The molecule has 0 atom stereocenters. The summed E-state index contributed by atoms with van der Waals surface area (Å²) in [4.78, 5) is 22.8. The van der Waals surface area contributed by atoms with Gasteiger partial charge in [-0.2, -0.15) is 0 Å². The second-order valence-corrected chi connectivity index (χ2v) is 3.28. The number of carbonyl (C=O) groups is 1. The van der Waals surface area contributed by atoms with Crippen LogP contribution in [0.5, 0.6) is 0 Å². The van der Waals surface area contributed by atoms with Gasteiger partial charge in [0.1, 0.15) is 0 Å². The number of hydrogen-bond donors (Lipinski definition) is 0. The Kier molecular flexibility index (Phi) is 3.62. The summed E-state index contributed by atoms with van der Waals surface area (Å²) in [6, 6.07) is 3.66. The average Bonchev–Trinajstić information content (AvgIpc) is 2.46. The molecule has 0 radical (unpaired) electrons. The summed E-state index contributed by atoms with van der Waals surface area (Å²) in [6.45, 7) is 0. The fourth-order valence-electron chi connectivity index (χ4n) is 1.17. The molecule has 2 aromatic heterocycles. The zero-order valence-corrected chi connectivity index (χ0v) is 9.62. The van der Waals surface area contributed by atoms with Crippen LogP contribution in [0.1, 0.15) is 21.7 Å². The van der Waals surface area contributed by atoms with Crippen molar-refractivity contribution in [3.8, 4) is 11.8 Å². The first-order valence-electron chi connectivity index (χ1n) is 5.12. The first-order chi connectivity index (χ1) is 8.79. The Bertz CT molecular complexity index is 598. The molecule has 0 bridgehead atoms. The van der Waals surface area contributed by atoms with Crippen LogP contribution in [0.4, 0.5) is 0 Å². The predicted molar refractivity (Wildman–Crippen MR) is 63.6 cm³/mol. The molecule has 0 fully saturated rings. The van der Waals surface area contributed by atoms with Gasteiger partial charge in [0.2, 0.25) is 5.82 Å². The smallest absolute Gasteiger partial charge is 0.376 e. The van der Waals surface area contributed by atoms with Gasteiger partial charge < -0.3 is 4.74 Å². The molecule has 0 spiro atoms. The van der Waals surface area contributed by atoms with E-state index in [0.29, 0.717) is 5.56 Å². The molecular weight excluding hydrogens is 230 g/mol. The highest BCUT2D eigenvalue weighted by Crippen LogP contribution is 1.97. The standard InChI is InChI=1S/C13H9N3O2/c1-18-13(17)12-15-8-11(9-16-12)5-4-10-3-2-6-14-7-10/h2-3,6-9H,1H3. The van der Waals surface area contributed by atoms with Crippen LogP contribution in [0.25, 0.3) is 0 Å². The summed E-state index contributed by atoms with van der Waals surface area (Å²) in [5.74, 6) is 5.24. The van der Waals surface area contributed by atoms with Crippen LogP contribution in [-0.4, -0.2) is 28.0 Å². The van der Waals surface area contributed by atoms with E-state index in [1.807, 2.05) is 6.07 Å². The molecule has 0 amide bonds. The molecule has 2 rings (SSSR count). The van der Waals surface area contributed by atoms with Crippen molar-refractivity contribution in [1.82, 2.24) is 15.0 Å². The third-order valence-corrected chi connectivity index (χ3v) is 2.03. The molecule has 88 valence electrons. The van der Waals surface area contributed by atoms with Gasteiger partial charge in [-0.1, -0.05) is 11.8 Å². The van der Waals surface area contributed by atoms with Crippen LogP contribution in [0, 0.1) is 11.8 Å². The predicted octanol–water partition coefficient (Wildman–Crippen LogP) is 1.06. The lowest BCUT2D eigenvalue weighted by atomic mass is 10.2. The van der Waals surface area contributed by atoms with E-state index in [-0.39, 0.29) is 5.82 Å². The van der Waals surface area contributed by atoms with E-state index in [9.17, 15) is 4.79 Å². The van der Waals surface area contributed by atoms with Crippen LogP contribution in [0.15, 0.2) is 36.9 Å². The van der Waals surface area contributed by atoms with E-state index in [1.165, 1.54) is 19.5 Å². The monoisotopic (exact) mass is 239 g/mol. The van der Waals surface area contributed by atoms with Gasteiger partial charge >= 0.3 is 5.97 Å². The Hall–Kier alpha value is -2.74. The van der Waals surface area contributed by atoms with Crippen molar-refractivity contribution in [3.63, 3.8) is 0 Å². The summed E-state index contributed by atoms with van der Waals surface area (Å²) in [6.07, 6.45) is 6.29. The lowest BCUT2D eigenvalue weighted by Crippen LogP contribution is -2.06. The molecule has 2 aromatic rings. The summed E-state index contributed by atoms with van der Waals surface area (Å²) >= 11 is 0. The summed E-state index contributed by atoms with van der Waals surface area (Å²) in [7, 11) is 1.28. The molecular formula is C13H9N3O2. The van der Waals surface area contributed by atoms with E-state index in [0.717, 1.165) is 5.56 Å². The van der Waals surface area contributed by atoms with Gasteiger partial charge in [0.05, 0.1) is 12.7 Å². The first-order valence-corrected chi connectivity index (χ1v) is 5.12. The van der Waals surface area contributed by atoms with Gasteiger partial charge in [-0.3, -0.25) is 4.98 Å². The third kappa shape index (κ3) is 2.89. The molecule has 0 aliphatic heterocycles. The number of ether oxygens (including phenoxy) is 1. The van der Waals surface area contributed by atoms with Crippen molar-refractivity contribution in [2.75, 3.05) is 7.11 Å². The van der Waals surface area contributed by atoms with E-state index in [2.05, 4.69) is 31.5 Å². The number of rotatable bonds is 1. The maximum absolute atomic E-state index is 11.1. The molecule has 0 aromatic carbocycles. The largest absolute Gasteiger partial charge is 0.463 e. The number of nitrogens with zero attached hydrogens (tertiary/aromatic N) is 3. The molecule has 0 saturated heterocycles. The van der Waals surface area contributed by atoms with Crippen molar-refractivity contribution in [1.29, 1.82) is 0 Å². The molecule has 0 aliphatic carbocycles. The maximum atomic E-state index is 11.1. The highest BCUT2D eigenvalue weighted by atomic mass is 16.5. The number of pyridine rings is 1. The molecule has 5 nitrogen and oxygen atoms in total. The summed E-state index contributed by atoms with van der Waals surface area (Å²) in [5.41, 5.74) is 1.42. The Labute approximate surface area is 104 Å². The second-order valence-electron chi connectivity index (χ2n) is 3.28. The lowest BCUT2D eigenvalue weighted by molar-refractivity contribution is 0.0586. The highest BCUT2D eigenvalue weighted by molar-refractivity contribution is 5.84. The van der Waals surface area contributed by atoms with Gasteiger partial charge in [0.25, 0.3) is 0 Å². The minimum Gasteiger partial charge on any atom is -0.463 e. The van der Waals surface area contributed by atoms with Crippen LogP contribution < -0.4 is 0 Å². The highest BCUT2D eigenvalue weighted by Gasteiger charge is 2.07. The van der Waals surface area contributed by atoms with Crippen molar-refractivity contribution >= 4 is 5.97 Å². The molecule has 0 unspecified atom stereocenters. The minimum atomic E-state index is -0.568. The SMILES string of the molecule is COC(=O)c1ncc(C#Cc2cccnc2)cn1. The number of hydrogen-bond acceptors (Lipinski definition) is 5. The normalized spacial score (nSPS) is 9.17. The topological polar surface area (TPSA) is 65.0 Å². The number of carbonyl (C=O) groups excluding carboxylic acids is 1. The summed E-state index contributed by atoms with van der Waals surface area (Å²) in [5, 5.41) is 0. The first kappa shape index (κ1) is 11.7.